The number of nitrogens with zero attached hydrogens (tertiary/aromatic N) is 2. The van der Waals surface area contributed by atoms with Gasteiger partial charge in [0.2, 0.25) is 0 Å². The molecule has 0 radical (unpaired) electrons. The van der Waals surface area contributed by atoms with Crippen LogP contribution in [0.4, 0.5) is 5.69 Å². The topological polar surface area (TPSA) is 32.8 Å². The first kappa shape index (κ1) is 19.8. The first-order valence-electron chi connectivity index (χ1n) is 10.2. The van der Waals surface area contributed by atoms with E-state index in [1.807, 2.05) is 30.0 Å². The molecule has 4 rings (SSSR count). The molecule has 1 aliphatic carbocycles. The van der Waals surface area contributed by atoms with E-state index >= 15 is 0 Å². The highest BCUT2D eigenvalue weighted by atomic mass is 35.5. The number of hydrogen-bond acceptors (Lipinski definition) is 3. The summed E-state index contributed by atoms with van der Waals surface area (Å²) >= 11 is 6.13. The molecule has 1 amide bonds. The third-order valence-electron chi connectivity index (χ3n) is 5.87. The van der Waals surface area contributed by atoms with Gasteiger partial charge in [-0.15, -0.1) is 0 Å². The number of piperazine rings is 1. The van der Waals surface area contributed by atoms with Gasteiger partial charge in [0, 0.05) is 36.9 Å². The summed E-state index contributed by atoms with van der Waals surface area (Å²) in [6.07, 6.45) is 2.99. The minimum absolute atomic E-state index is 0.0445. The summed E-state index contributed by atoms with van der Waals surface area (Å²) in [6.45, 7) is 9.23. The molecule has 0 unspecified atom stereocenters. The maximum absolute atomic E-state index is 12.6. The van der Waals surface area contributed by atoms with Gasteiger partial charge in [-0.05, 0) is 73.2 Å². The summed E-state index contributed by atoms with van der Waals surface area (Å²) in [6, 6.07) is 12.2. The number of rotatable bonds is 4. The molecule has 2 aromatic rings. The van der Waals surface area contributed by atoms with Gasteiger partial charge in [-0.2, -0.15) is 0 Å². The minimum atomic E-state index is 0.0445. The van der Waals surface area contributed by atoms with Crippen molar-refractivity contribution in [2.75, 3.05) is 37.7 Å². The fourth-order valence-corrected chi connectivity index (χ4v) is 4.16. The summed E-state index contributed by atoms with van der Waals surface area (Å²) in [7, 11) is 0. The molecule has 29 heavy (non-hydrogen) atoms. The van der Waals surface area contributed by atoms with E-state index in [9.17, 15) is 4.79 Å². The number of benzene rings is 2. The van der Waals surface area contributed by atoms with E-state index in [1.165, 1.54) is 16.7 Å². The fourth-order valence-electron chi connectivity index (χ4n) is 4.04. The molecule has 1 saturated heterocycles. The zero-order valence-electron chi connectivity index (χ0n) is 16.9. The first-order chi connectivity index (χ1) is 14.0. The smallest absolute Gasteiger partial charge is 0.260 e. The molecule has 0 bridgehead atoms. The standard InChI is InChI=1S/C24H27ClN2O2/c1-17-3-4-20-15-22(7-5-19(20)13-17)29-16-24(28)27-11-9-26(10-12-27)21-6-8-23(25)18(2)14-21/h5-8,14-15H,1,3-4,9-13,16H2,2H3. The number of halogens is 1. The summed E-state index contributed by atoms with van der Waals surface area (Å²) in [4.78, 5) is 16.8. The molecule has 1 heterocycles. The van der Waals surface area contributed by atoms with Gasteiger partial charge in [-0.1, -0.05) is 29.8 Å². The number of ether oxygens (including phenoxy) is 1. The summed E-state index contributed by atoms with van der Waals surface area (Å²) in [5.41, 5.74) is 6.16. The SMILES string of the molecule is C=C1CCc2cc(OCC(=O)N3CCN(c4ccc(Cl)c(C)c4)CC3)ccc2C1. The van der Waals surface area contributed by atoms with Gasteiger partial charge in [-0.25, -0.2) is 0 Å². The van der Waals surface area contributed by atoms with E-state index in [1.54, 1.807) is 0 Å². The van der Waals surface area contributed by atoms with Crippen molar-refractivity contribution in [2.24, 2.45) is 0 Å². The van der Waals surface area contributed by atoms with Gasteiger partial charge in [0.1, 0.15) is 5.75 Å². The van der Waals surface area contributed by atoms with Gasteiger partial charge >= 0.3 is 0 Å². The molecule has 4 nitrogen and oxygen atoms in total. The van der Waals surface area contributed by atoms with Crippen LogP contribution in [-0.2, 0) is 17.6 Å². The van der Waals surface area contributed by atoms with Crippen LogP contribution in [0.15, 0.2) is 48.6 Å². The number of fused-ring (bicyclic) bond motifs is 1. The van der Waals surface area contributed by atoms with Gasteiger partial charge < -0.3 is 14.5 Å². The third kappa shape index (κ3) is 4.59. The number of carbonyl (C=O) groups is 1. The number of amides is 1. The first-order valence-corrected chi connectivity index (χ1v) is 10.6. The monoisotopic (exact) mass is 410 g/mol. The predicted molar refractivity (Wildman–Crippen MR) is 118 cm³/mol. The second kappa shape index (κ2) is 8.50. The quantitative estimate of drug-likeness (QED) is 0.699. The van der Waals surface area contributed by atoms with Crippen molar-refractivity contribution in [2.45, 2.75) is 26.2 Å². The molecule has 5 heteroatoms. The van der Waals surface area contributed by atoms with Crippen LogP contribution < -0.4 is 9.64 Å². The lowest BCUT2D eigenvalue weighted by molar-refractivity contribution is -0.133. The maximum Gasteiger partial charge on any atom is 0.260 e. The molecule has 0 spiro atoms. The maximum atomic E-state index is 12.6. The van der Waals surface area contributed by atoms with Crippen molar-refractivity contribution < 1.29 is 9.53 Å². The molecule has 152 valence electrons. The average molecular weight is 411 g/mol. The van der Waals surface area contributed by atoms with Crippen molar-refractivity contribution in [3.8, 4) is 5.75 Å². The van der Waals surface area contributed by atoms with Crippen molar-refractivity contribution >= 4 is 23.2 Å². The van der Waals surface area contributed by atoms with Gasteiger partial charge in [0.15, 0.2) is 6.61 Å². The van der Waals surface area contributed by atoms with Crippen molar-refractivity contribution in [3.05, 3.63) is 70.3 Å². The Morgan fingerprint density at radius 1 is 1.07 bits per heavy atom. The van der Waals surface area contributed by atoms with Crippen LogP contribution in [-0.4, -0.2) is 43.6 Å². The van der Waals surface area contributed by atoms with Crippen LogP contribution in [0.3, 0.4) is 0 Å². The number of anilines is 1. The molecule has 1 aliphatic heterocycles. The Balaban J connectivity index is 1.29. The van der Waals surface area contributed by atoms with Crippen molar-refractivity contribution in [3.63, 3.8) is 0 Å². The molecule has 0 atom stereocenters. The van der Waals surface area contributed by atoms with Crippen molar-refractivity contribution in [1.29, 1.82) is 0 Å². The van der Waals surface area contributed by atoms with E-state index in [0.29, 0.717) is 13.1 Å². The lowest BCUT2D eigenvalue weighted by Crippen LogP contribution is -2.50. The van der Waals surface area contributed by atoms with E-state index in [0.717, 1.165) is 54.4 Å². The van der Waals surface area contributed by atoms with Crippen LogP contribution >= 0.6 is 11.6 Å². The number of hydrogen-bond donors (Lipinski definition) is 0. The summed E-state index contributed by atoms with van der Waals surface area (Å²) < 4.78 is 5.81. The molecule has 0 aromatic heterocycles. The van der Waals surface area contributed by atoms with Crippen LogP contribution in [0.1, 0.15) is 23.1 Å². The summed E-state index contributed by atoms with van der Waals surface area (Å²) in [5, 5.41) is 0.784. The van der Waals surface area contributed by atoms with Crippen molar-refractivity contribution in [1.82, 2.24) is 4.90 Å². The fraction of sp³-hybridized carbons (Fsp3) is 0.375. The van der Waals surface area contributed by atoms with E-state index in [4.69, 9.17) is 16.3 Å². The largest absolute Gasteiger partial charge is 0.484 e. The summed E-state index contributed by atoms with van der Waals surface area (Å²) in [5.74, 6) is 0.822. The molecular weight excluding hydrogens is 384 g/mol. The zero-order valence-corrected chi connectivity index (χ0v) is 17.7. The van der Waals surface area contributed by atoms with Crippen LogP contribution in [0.2, 0.25) is 5.02 Å². The second-order valence-electron chi connectivity index (χ2n) is 7.95. The minimum Gasteiger partial charge on any atom is -0.484 e. The highest BCUT2D eigenvalue weighted by molar-refractivity contribution is 6.31. The Labute approximate surface area is 177 Å². The molecule has 0 N–H and O–H groups in total. The Bertz CT molecular complexity index is 932. The lowest BCUT2D eigenvalue weighted by atomic mass is 9.89. The van der Waals surface area contributed by atoms with E-state index < -0.39 is 0 Å². The Morgan fingerprint density at radius 2 is 1.86 bits per heavy atom. The molecule has 2 aliphatic rings. The van der Waals surface area contributed by atoms with Gasteiger partial charge in [0.25, 0.3) is 5.91 Å². The number of aryl methyl sites for hydroxylation is 2. The predicted octanol–water partition coefficient (Wildman–Crippen LogP) is 4.42. The highest BCUT2D eigenvalue weighted by Crippen LogP contribution is 2.27. The number of carbonyl (C=O) groups excluding carboxylic acids is 1. The molecule has 1 fully saturated rings. The van der Waals surface area contributed by atoms with Gasteiger partial charge in [0.05, 0.1) is 0 Å². The Hall–Kier alpha value is -2.46. The number of allylic oxidation sites excluding steroid dienone is 1. The highest BCUT2D eigenvalue weighted by Gasteiger charge is 2.22. The average Bonchev–Trinajstić information content (AvgIpc) is 2.74. The Morgan fingerprint density at radius 3 is 2.62 bits per heavy atom. The normalized spacial score (nSPS) is 16.6. The van der Waals surface area contributed by atoms with Crippen LogP contribution in [0.5, 0.6) is 5.75 Å². The zero-order chi connectivity index (χ0) is 20.4. The van der Waals surface area contributed by atoms with E-state index in [2.05, 4.69) is 29.7 Å². The molecule has 2 aromatic carbocycles. The second-order valence-corrected chi connectivity index (χ2v) is 8.35. The van der Waals surface area contributed by atoms with E-state index in [-0.39, 0.29) is 12.5 Å². The van der Waals surface area contributed by atoms with Crippen LogP contribution in [0, 0.1) is 6.92 Å². The lowest BCUT2D eigenvalue weighted by Gasteiger charge is -2.36. The Kier molecular flexibility index (Phi) is 5.81. The molecule has 0 saturated carbocycles. The van der Waals surface area contributed by atoms with Gasteiger partial charge in [-0.3, -0.25) is 4.79 Å². The molecular formula is C24H27ClN2O2. The van der Waals surface area contributed by atoms with Crippen LogP contribution in [0.25, 0.3) is 0 Å². The third-order valence-corrected chi connectivity index (χ3v) is 6.29.